The minimum absolute atomic E-state index is 0. The van der Waals surface area contributed by atoms with Crippen LogP contribution in [0.4, 0.5) is 0 Å². The summed E-state index contributed by atoms with van der Waals surface area (Å²) in [6.45, 7) is 8.42. The molecule has 23 heavy (non-hydrogen) atoms. The average molecular weight is 381 g/mol. The van der Waals surface area contributed by atoms with Crippen LogP contribution in [0.3, 0.4) is 0 Å². The fourth-order valence-electron chi connectivity index (χ4n) is 2.70. The first kappa shape index (κ1) is 20.7. The summed E-state index contributed by atoms with van der Waals surface area (Å²) in [5.74, 6) is 0.256. The Morgan fingerprint density at radius 1 is 1.39 bits per heavy atom. The summed E-state index contributed by atoms with van der Waals surface area (Å²) in [7, 11) is -3.59. The largest absolute Gasteiger partial charge is 0.316 e. The number of hydrogen-bond donors (Lipinski definition) is 2. The van der Waals surface area contributed by atoms with Crippen LogP contribution in [0.15, 0.2) is 23.1 Å². The van der Waals surface area contributed by atoms with E-state index in [1.807, 2.05) is 19.9 Å². The van der Waals surface area contributed by atoms with Crippen molar-refractivity contribution in [3.8, 4) is 0 Å². The number of rotatable bonds is 5. The first-order chi connectivity index (χ1) is 10.2. The molecule has 4 nitrogen and oxygen atoms in total. The Morgan fingerprint density at radius 2 is 2.09 bits per heavy atom. The molecule has 2 rings (SSSR count). The van der Waals surface area contributed by atoms with Crippen molar-refractivity contribution in [1.82, 2.24) is 10.0 Å². The molecule has 1 fully saturated rings. The maximum atomic E-state index is 12.6. The average Bonchev–Trinajstić information content (AvgIpc) is 2.46. The highest BCUT2D eigenvalue weighted by Crippen LogP contribution is 2.28. The van der Waals surface area contributed by atoms with Gasteiger partial charge in [0.05, 0.1) is 5.02 Å². The smallest absolute Gasteiger partial charge is 0.242 e. The van der Waals surface area contributed by atoms with Crippen molar-refractivity contribution in [3.05, 3.63) is 28.8 Å². The lowest BCUT2D eigenvalue weighted by Crippen LogP contribution is -2.45. The van der Waals surface area contributed by atoms with Crippen molar-refractivity contribution in [3.63, 3.8) is 0 Å². The van der Waals surface area contributed by atoms with Crippen molar-refractivity contribution in [2.24, 2.45) is 5.41 Å². The van der Waals surface area contributed by atoms with E-state index in [-0.39, 0.29) is 33.7 Å². The van der Waals surface area contributed by atoms with E-state index in [0.717, 1.165) is 31.5 Å². The van der Waals surface area contributed by atoms with Crippen LogP contribution in [0.5, 0.6) is 0 Å². The number of hydrogen-bond acceptors (Lipinski definition) is 3. The van der Waals surface area contributed by atoms with E-state index >= 15 is 0 Å². The van der Waals surface area contributed by atoms with E-state index in [1.54, 1.807) is 12.1 Å². The van der Waals surface area contributed by atoms with Gasteiger partial charge in [0.1, 0.15) is 4.90 Å². The quantitative estimate of drug-likeness (QED) is 0.820. The van der Waals surface area contributed by atoms with Crippen LogP contribution in [0.25, 0.3) is 0 Å². The monoisotopic (exact) mass is 380 g/mol. The zero-order valence-corrected chi connectivity index (χ0v) is 16.2. The minimum atomic E-state index is -3.59. The Bertz CT molecular complexity index is 627. The summed E-state index contributed by atoms with van der Waals surface area (Å²) >= 11 is 6.11. The van der Waals surface area contributed by atoms with E-state index in [9.17, 15) is 8.42 Å². The second-order valence-electron chi connectivity index (χ2n) is 6.76. The van der Waals surface area contributed by atoms with Gasteiger partial charge in [-0.3, -0.25) is 0 Å². The van der Waals surface area contributed by atoms with Gasteiger partial charge in [0.15, 0.2) is 0 Å². The predicted octanol–water partition coefficient (Wildman–Crippen LogP) is 3.55. The van der Waals surface area contributed by atoms with Gasteiger partial charge in [-0.25, -0.2) is 13.1 Å². The van der Waals surface area contributed by atoms with Gasteiger partial charge in [0.2, 0.25) is 10.0 Å². The van der Waals surface area contributed by atoms with Crippen LogP contribution in [0, 0.1) is 5.41 Å². The topological polar surface area (TPSA) is 58.2 Å². The Hall–Kier alpha value is -0.330. The molecular weight excluding hydrogens is 355 g/mol. The third-order valence-electron chi connectivity index (χ3n) is 4.29. The fraction of sp³-hybridized carbons (Fsp3) is 0.625. The second-order valence-corrected chi connectivity index (χ2v) is 8.90. The maximum absolute atomic E-state index is 12.6. The van der Waals surface area contributed by atoms with E-state index in [1.165, 1.54) is 0 Å². The first-order valence-electron chi connectivity index (χ1n) is 7.73. The van der Waals surface area contributed by atoms with Crippen LogP contribution < -0.4 is 10.0 Å². The van der Waals surface area contributed by atoms with E-state index < -0.39 is 10.0 Å². The number of benzene rings is 1. The molecule has 0 aromatic heterocycles. The molecule has 0 bridgehead atoms. The molecule has 1 aromatic carbocycles. The molecule has 1 unspecified atom stereocenters. The number of sulfonamides is 1. The molecule has 1 heterocycles. The molecule has 0 spiro atoms. The van der Waals surface area contributed by atoms with Gasteiger partial charge in [-0.05, 0) is 48.4 Å². The molecule has 1 aliphatic rings. The zero-order chi connectivity index (χ0) is 16.4. The lowest BCUT2D eigenvalue weighted by Gasteiger charge is -2.34. The Balaban J connectivity index is 0.00000264. The maximum Gasteiger partial charge on any atom is 0.242 e. The number of nitrogens with one attached hydrogen (secondary N) is 2. The molecule has 7 heteroatoms. The van der Waals surface area contributed by atoms with Gasteiger partial charge in [-0.2, -0.15) is 0 Å². The summed E-state index contributed by atoms with van der Waals surface area (Å²) in [4.78, 5) is 0.174. The van der Waals surface area contributed by atoms with Crippen molar-refractivity contribution in [1.29, 1.82) is 0 Å². The van der Waals surface area contributed by atoms with Crippen LogP contribution in [-0.2, 0) is 10.0 Å². The Morgan fingerprint density at radius 3 is 2.65 bits per heavy atom. The highest BCUT2D eigenvalue weighted by atomic mass is 35.5. The summed E-state index contributed by atoms with van der Waals surface area (Å²) in [6.07, 6.45) is 2.09. The van der Waals surface area contributed by atoms with E-state index in [2.05, 4.69) is 17.0 Å². The first-order valence-corrected chi connectivity index (χ1v) is 9.59. The summed E-state index contributed by atoms with van der Waals surface area (Å²) in [6, 6.07) is 5.21. The van der Waals surface area contributed by atoms with Gasteiger partial charge >= 0.3 is 0 Å². The van der Waals surface area contributed by atoms with Gasteiger partial charge in [0.25, 0.3) is 0 Å². The molecule has 2 N–H and O–H groups in total. The molecule has 0 aliphatic carbocycles. The second kappa shape index (κ2) is 8.17. The highest BCUT2D eigenvalue weighted by Gasteiger charge is 2.29. The summed E-state index contributed by atoms with van der Waals surface area (Å²) in [5.41, 5.74) is 0.920. The van der Waals surface area contributed by atoms with Crippen molar-refractivity contribution in [2.45, 2.75) is 44.4 Å². The lowest BCUT2D eigenvalue weighted by molar-refractivity contribution is 0.238. The normalized spacial score (nSPS) is 22.0. The van der Waals surface area contributed by atoms with Crippen LogP contribution in [-0.4, -0.2) is 28.1 Å². The van der Waals surface area contributed by atoms with Gasteiger partial charge in [0, 0.05) is 13.1 Å². The number of piperidine rings is 1. The molecule has 132 valence electrons. The molecule has 1 saturated heterocycles. The summed E-state index contributed by atoms with van der Waals surface area (Å²) in [5, 5.41) is 3.59. The third kappa shape index (κ3) is 5.33. The van der Waals surface area contributed by atoms with Crippen LogP contribution >= 0.6 is 24.0 Å². The van der Waals surface area contributed by atoms with Crippen LogP contribution in [0.2, 0.25) is 5.02 Å². The molecule has 0 amide bonds. The standard InChI is InChI=1S/C16H25ClN2O2S.ClH/c1-12(2)13-5-6-14(17)15(9-13)22(20,21)19-11-16(3)7-4-8-18-10-16;/h5-6,9,12,18-19H,4,7-8,10-11H2,1-3H3;1H. The molecular formula is C16H26Cl2N2O2S. The van der Waals surface area contributed by atoms with Gasteiger partial charge in [-0.1, -0.05) is 38.4 Å². The van der Waals surface area contributed by atoms with Crippen molar-refractivity contribution >= 4 is 34.0 Å². The van der Waals surface area contributed by atoms with Crippen molar-refractivity contribution < 1.29 is 8.42 Å². The van der Waals surface area contributed by atoms with Crippen molar-refractivity contribution in [2.75, 3.05) is 19.6 Å². The minimum Gasteiger partial charge on any atom is -0.316 e. The Kier molecular flexibility index (Phi) is 7.36. The van der Waals surface area contributed by atoms with Gasteiger partial charge in [-0.15, -0.1) is 12.4 Å². The summed E-state index contributed by atoms with van der Waals surface area (Å²) < 4.78 is 27.9. The molecule has 0 saturated carbocycles. The predicted molar refractivity (Wildman–Crippen MR) is 98.2 cm³/mol. The third-order valence-corrected chi connectivity index (χ3v) is 6.17. The van der Waals surface area contributed by atoms with Crippen LogP contribution in [0.1, 0.15) is 45.1 Å². The SMILES string of the molecule is CC(C)c1ccc(Cl)c(S(=O)(=O)NCC2(C)CCCNC2)c1.Cl. The van der Waals surface area contributed by atoms with E-state index in [0.29, 0.717) is 6.54 Å². The highest BCUT2D eigenvalue weighted by molar-refractivity contribution is 7.89. The lowest BCUT2D eigenvalue weighted by atomic mass is 9.83. The molecule has 1 aliphatic heterocycles. The molecule has 1 atom stereocenters. The van der Waals surface area contributed by atoms with Gasteiger partial charge < -0.3 is 5.32 Å². The zero-order valence-electron chi connectivity index (χ0n) is 13.9. The Labute approximate surface area is 150 Å². The fourth-order valence-corrected chi connectivity index (χ4v) is 4.43. The van der Waals surface area contributed by atoms with E-state index in [4.69, 9.17) is 11.6 Å². The number of halogens is 2. The molecule has 1 aromatic rings. The molecule has 0 radical (unpaired) electrons.